The predicted octanol–water partition coefficient (Wildman–Crippen LogP) is 12.4. The van der Waals surface area contributed by atoms with Crippen LogP contribution in [0.15, 0.2) is 180 Å². The summed E-state index contributed by atoms with van der Waals surface area (Å²) in [6.45, 7) is 0. The molecule has 238 valence electrons. The Bertz CT molecular complexity index is 2810. The van der Waals surface area contributed by atoms with Gasteiger partial charge in [-0.3, -0.25) is 0 Å². The first kappa shape index (κ1) is 29.0. The molecule has 2 heterocycles. The Hall–Kier alpha value is -6.91. The molecular weight excluding hydrogens is 623 g/mol. The zero-order valence-corrected chi connectivity index (χ0v) is 27.5. The van der Waals surface area contributed by atoms with Crippen molar-refractivity contribution in [3.63, 3.8) is 0 Å². The average Bonchev–Trinajstić information content (AvgIpc) is 3.59. The number of furan rings is 1. The number of para-hydroxylation sites is 1. The van der Waals surface area contributed by atoms with E-state index in [9.17, 15) is 0 Å². The van der Waals surface area contributed by atoms with Gasteiger partial charge in [0.25, 0.3) is 0 Å². The molecule has 2 aromatic heterocycles. The van der Waals surface area contributed by atoms with Crippen LogP contribution in [-0.2, 0) is 0 Å². The molecule has 0 bridgehead atoms. The minimum atomic E-state index is 0.584. The van der Waals surface area contributed by atoms with E-state index in [0.29, 0.717) is 17.5 Å². The van der Waals surface area contributed by atoms with Crippen LogP contribution in [0.4, 0.5) is 0 Å². The Morgan fingerprint density at radius 2 is 0.804 bits per heavy atom. The van der Waals surface area contributed by atoms with E-state index in [1.54, 1.807) is 0 Å². The normalized spacial score (nSPS) is 11.5. The number of hydrogen-bond donors (Lipinski definition) is 0. The quantitative estimate of drug-likeness (QED) is 0.186. The van der Waals surface area contributed by atoms with Gasteiger partial charge >= 0.3 is 0 Å². The van der Waals surface area contributed by atoms with Gasteiger partial charge in [-0.15, -0.1) is 0 Å². The van der Waals surface area contributed by atoms with E-state index in [-0.39, 0.29) is 0 Å². The first-order valence-electron chi connectivity index (χ1n) is 17.1. The van der Waals surface area contributed by atoms with Crippen LogP contribution >= 0.6 is 0 Å². The van der Waals surface area contributed by atoms with Crippen molar-refractivity contribution in [2.45, 2.75) is 0 Å². The average molecular weight is 652 g/mol. The summed E-state index contributed by atoms with van der Waals surface area (Å²) >= 11 is 0. The molecule has 0 saturated heterocycles. The number of rotatable bonds is 5. The van der Waals surface area contributed by atoms with Crippen molar-refractivity contribution in [1.82, 2.24) is 15.0 Å². The summed E-state index contributed by atoms with van der Waals surface area (Å²) < 4.78 is 6.52. The van der Waals surface area contributed by atoms with E-state index in [1.807, 2.05) is 18.2 Å². The summed E-state index contributed by atoms with van der Waals surface area (Å²) in [6, 6.07) is 61.2. The second kappa shape index (κ2) is 11.9. The van der Waals surface area contributed by atoms with Crippen LogP contribution in [0.2, 0.25) is 0 Å². The van der Waals surface area contributed by atoms with Crippen molar-refractivity contribution in [1.29, 1.82) is 0 Å². The fourth-order valence-electron chi connectivity index (χ4n) is 7.10. The van der Waals surface area contributed by atoms with E-state index < -0.39 is 0 Å². The van der Waals surface area contributed by atoms with E-state index in [4.69, 9.17) is 19.4 Å². The highest BCUT2D eigenvalue weighted by Crippen LogP contribution is 2.40. The molecule has 10 aromatic rings. The van der Waals surface area contributed by atoms with E-state index in [1.165, 1.54) is 21.9 Å². The lowest BCUT2D eigenvalue weighted by atomic mass is 9.95. The lowest BCUT2D eigenvalue weighted by Gasteiger charge is -2.12. The molecule has 0 amide bonds. The molecule has 0 aliphatic carbocycles. The van der Waals surface area contributed by atoms with E-state index >= 15 is 0 Å². The topological polar surface area (TPSA) is 51.8 Å². The molecule has 51 heavy (non-hydrogen) atoms. The highest BCUT2D eigenvalue weighted by atomic mass is 16.3. The Kier molecular flexibility index (Phi) is 6.78. The lowest BCUT2D eigenvalue weighted by Crippen LogP contribution is -2.00. The zero-order valence-electron chi connectivity index (χ0n) is 27.5. The highest BCUT2D eigenvalue weighted by molar-refractivity contribution is 6.13. The SMILES string of the molecule is c1ccc(-c2ccc(-c3cc(-c4nc(-c5ccc6ccccc6c5)nc(-c5ccc6ccccc6c5)n4)cc4oc5ccccc5c34)cc2)cc1. The maximum atomic E-state index is 6.52. The van der Waals surface area contributed by atoms with Crippen molar-refractivity contribution in [3.05, 3.63) is 176 Å². The number of nitrogens with zero attached hydrogens (tertiary/aromatic N) is 3. The van der Waals surface area contributed by atoms with Crippen molar-refractivity contribution in [2.75, 3.05) is 0 Å². The highest BCUT2D eigenvalue weighted by Gasteiger charge is 2.19. The summed E-state index contributed by atoms with van der Waals surface area (Å²) in [4.78, 5) is 15.4. The standard InChI is InChI=1S/C47H29N3O/c1-2-10-30(11-3-1)33-18-22-34(23-19-33)41-28-39(29-43-44(41)40-16-8-9-17-42(40)51-43)47-49-45(37-24-20-31-12-4-6-14-35(31)26-37)48-46(50-47)38-25-21-32-13-5-7-15-36(32)27-38/h1-29H. The van der Waals surface area contributed by atoms with Crippen molar-refractivity contribution in [2.24, 2.45) is 0 Å². The van der Waals surface area contributed by atoms with Gasteiger partial charge in [0, 0.05) is 27.5 Å². The van der Waals surface area contributed by atoms with Crippen molar-refractivity contribution < 1.29 is 4.42 Å². The molecule has 10 rings (SSSR count). The van der Waals surface area contributed by atoms with E-state index in [2.05, 4.69) is 158 Å². The Balaban J connectivity index is 1.20. The fourth-order valence-corrected chi connectivity index (χ4v) is 7.10. The molecule has 0 radical (unpaired) electrons. The number of benzene rings is 8. The predicted molar refractivity (Wildman–Crippen MR) is 209 cm³/mol. The first-order chi connectivity index (χ1) is 25.2. The Labute approximate surface area is 294 Å². The van der Waals surface area contributed by atoms with Gasteiger partial charge in [-0.25, -0.2) is 15.0 Å². The molecule has 0 N–H and O–H groups in total. The van der Waals surface area contributed by atoms with Gasteiger partial charge in [0.2, 0.25) is 0 Å². The molecule has 0 spiro atoms. The van der Waals surface area contributed by atoms with Crippen LogP contribution in [-0.4, -0.2) is 15.0 Å². The summed E-state index contributed by atoms with van der Waals surface area (Å²) in [5.41, 5.74) is 8.85. The van der Waals surface area contributed by atoms with Crippen LogP contribution < -0.4 is 0 Å². The maximum absolute atomic E-state index is 6.52. The molecule has 0 atom stereocenters. The van der Waals surface area contributed by atoms with Crippen LogP contribution in [0.1, 0.15) is 0 Å². The van der Waals surface area contributed by atoms with Gasteiger partial charge in [0.05, 0.1) is 0 Å². The van der Waals surface area contributed by atoms with Gasteiger partial charge < -0.3 is 4.42 Å². The molecule has 0 unspecified atom stereocenters. The zero-order chi connectivity index (χ0) is 33.7. The molecule has 0 aliphatic rings. The van der Waals surface area contributed by atoms with Crippen LogP contribution in [0.5, 0.6) is 0 Å². The minimum Gasteiger partial charge on any atom is -0.456 e. The first-order valence-corrected chi connectivity index (χ1v) is 17.1. The maximum Gasteiger partial charge on any atom is 0.164 e. The third-order valence-electron chi connectivity index (χ3n) is 9.69. The minimum absolute atomic E-state index is 0.584. The second-order valence-corrected chi connectivity index (χ2v) is 12.9. The third-order valence-corrected chi connectivity index (χ3v) is 9.69. The van der Waals surface area contributed by atoms with Gasteiger partial charge in [-0.2, -0.15) is 0 Å². The molecule has 4 nitrogen and oxygen atoms in total. The summed E-state index contributed by atoms with van der Waals surface area (Å²) in [6.07, 6.45) is 0. The lowest BCUT2D eigenvalue weighted by molar-refractivity contribution is 0.669. The molecule has 4 heteroatoms. The second-order valence-electron chi connectivity index (χ2n) is 12.9. The van der Waals surface area contributed by atoms with Gasteiger partial charge in [0.15, 0.2) is 17.5 Å². The summed E-state index contributed by atoms with van der Waals surface area (Å²) in [5.74, 6) is 1.82. The van der Waals surface area contributed by atoms with Crippen LogP contribution in [0.3, 0.4) is 0 Å². The molecular formula is C47H29N3O. The molecule has 0 fully saturated rings. The van der Waals surface area contributed by atoms with Gasteiger partial charge in [-0.1, -0.05) is 146 Å². The summed E-state index contributed by atoms with van der Waals surface area (Å²) in [5, 5.41) is 6.75. The molecule has 8 aromatic carbocycles. The van der Waals surface area contributed by atoms with Gasteiger partial charge in [0.1, 0.15) is 11.2 Å². The molecule has 0 aliphatic heterocycles. The third kappa shape index (κ3) is 5.22. The Morgan fingerprint density at radius 1 is 0.314 bits per heavy atom. The molecule has 0 saturated carbocycles. The van der Waals surface area contributed by atoms with Crippen LogP contribution in [0, 0.1) is 0 Å². The number of aromatic nitrogens is 3. The number of hydrogen-bond acceptors (Lipinski definition) is 4. The van der Waals surface area contributed by atoms with Crippen molar-refractivity contribution >= 4 is 43.5 Å². The van der Waals surface area contributed by atoms with Crippen LogP contribution in [0.25, 0.3) is 99.9 Å². The van der Waals surface area contributed by atoms with Gasteiger partial charge in [-0.05, 0) is 74.1 Å². The number of fused-ring (bicyclic) bond motifs is 5. The fraction of sp³-hybridized carbons (Fsp3) is 0. The van der Waals surface area contributed by atoms with Crippen molar-refractivity contribution in [3.8, 4) is 56.4 Å². The monoisotopic (exact) mass is 651 g/mol. The summed E-state index contributed by atoms with van der Waals surface area (Å²) in [7, 11) is 0. The Morgan fingerprint density at radius 3 is 1.45 bits per heavy atom. The largest absolute Gasteiger partial charge is 0.456 e. The smallest absolute Gasteiger partial charge is 0.164 e. The van der Waals surface area contributed by atoms with E-state index in [0.717, 1.165) is 60.5 Å².